The molecule has 1 aromatic heterocycles. The van der Waals surface area contributed by atoms with Gasteiger partial charge in [-0.25, -0.2) is 12.8 Å². The van der Waals surface area contributed by atoms with Gasteiger partial charge in [-0.1, -0.05) is 28.9 Å². The Balaban J connectivity index is 1.78. The first-order chi connectivity index (χ1) is 16.3. The molecule has 176 valence electrons. The Morgan fingerprint density at radius 1 is 1.09 bits per heavy atom. The van der Waals surface area contributed by atoms with Gasteiger partial charge in [-0.2, -0.15) is 0 Å². The number of aryl methyl sites for hydroxylation is 2. The van der Waals surface area contributed by atoms with Gasteiger partial charge in [0.1, 0.15) is 21.5 Å². The molecule has 1 N–H and O–H groups in total. The van der Waals surface area contributed by atoms with Crippen LogP contribution in [-0.4, -0.2) is 27.8 Å². The fourth-order valence-corrected chi connectivity index (χ4v) is 5.88. The van der Waals surface area contributed by atoms with Gasteiger partial charge in [0.15, 0.2) is 11.3 Å². The number of aromatic nitrogens is 1. The molecule has 0 saturated carbocycles. The molecule has 1 aliphatic rings. The molecular weight excluding hydrogens is 483 g/mol. The summed E-state index contributed by atoms with van der Waals surface area (Å²) in [6.07, 6.45) is 1.83. The normalized spacial score (nSPS) is 14.8. The molecule has 0 spiro atoms. The van der Waals surface area contributed by atoms with Gasteiger partial charge >= 0.3 is 0 Å². The number of benzene rings is 3. The van der Waals surface area contributed by atoms with E-state index in [-0.39, 0.29) is 32.8 Å². The van der Waals surface area contributed by atoms with Crippen molar-refractivity contribution in [3.63, 3.8) is 0 Å². The summed E-state index contributed by atoms with van der Waals surface area (Å²) in [6.45, 7) is 0. The van der Waals surface area contributed by atoms with E-state index in [0.717, 1.165) is 5.56 Å². The van der Waals surface area contributed by atoms with E-state index in [9.17, 15) is 12.8 Å². The minimum Gasteiger partial charge on any atom is -0.495 e. The van der Waals surface area contributed by atoms with Crippen LogP contribution in [0.5, 0.6) is 11.5 Å². The zero-order valence-corrected chi connectivity index (χ0v) is 19.9. The molecule has 34 heavy (non-hydrogen) atoms. The van der Waals surface area contributed by atoms with Crippen molar-refractivity contribution < 1.29 is 26.8 Å². The van der Waals surface area contributed by atoms with E-state index in [1.807, 2.05) is 0 Å². The zero-order valence-electron chi connectivity index (χ0n) is 18.3. The van der Waals surface area contributed by atoms with Crippen LogP contribution in [0.25, 0.3) is 22.1 Å². The van der Waals surface area contributed by atoms with Crippen molar-refractivity contribution in [2.75, 3.05) is 18.9 Å². The molecule has 3 aromatic carbocycles. The number of halogens is 2. The van der Waals surface area contributed by atoms with Crippen LogP contribution in [0.15, 0.2) is 51.9 Å². The summed E-state index contributed by atoms with van der Waals surface area (Å²) in [5.74, 6) is -0.140. The third-order valence-corrected chi connectivity index (χ3v) is 7.59. The lowest BCUT2D eigenvalue weighted by Gasteiger charge is -2.17. The van der Waals surface area contributed by atoms with Crippen LogP contribution in [0.4, 0.5) is 10.1 Å². The largest absolute Gasteiger partial charge is 0.495 e. The Hall–Kier alpha value is -3.30. The van der Waals surface area contributed by atoms with Gasteiger partial charge in [-0.15, -0.1) is 0 Å². The van der Waals surface area contributed by atoms with Crippen LogP contribution in [-0.2, 0) is 22.9 Å². The summed E-state index contributed by atoms with van der Waals surface area (Å²) in [5, 5.41) is 4.63. The molecule has 4 bridgehead atoms. The van der Waals surface area contributed by atoms with Gasteiger partial charge in [0.05, 0.1) is 25.6 Å². The minimum absolute atomic E-state index is 0.0211. The van der Waals surface area contributed by atoms with Crippen LogP contribution in [0.2, 0.25) is 5.02 Å². The second kappa shape index (κ2) is 8.48. The van der Waals surface area contributed by atoms with Crippen LogP contribution in [0.3, 0.4) is 0 Å². The maximum atomic E-state index is 14.2. The standard InChI is InChI=1S/C24H20ClFN2O5S/c1-31-20-9-7-14-10-19(20)28-34(29,30)21-12-17-18(27-33-23(17)22(25)24(21)32-2)5-3-4-13-6-8-15(26)11-16(13)14/h6-12,28H,3-5H2,1-2H3. The Kier molecular flexibility index (Phi) is 5.61. The Bertz CT molecular complexity index is 1530. The Labute approximate surface area is 200 Å². The summed E-state index contributed by atoms with van der Waals surface area (Å²) in [5.41, 5.74) is 3.26. The Morgan fingerprint density at radius 2 is 1.91 bits per heavy atom. The number of nitrogens with one attached hydrogen (secondary N) is 1. The topological polar surface area (TPSA) is 90.7 Å². The molecule has 4 aromatic rings. The van der Waals surface area contributed by atoms with Gasteiger partial charge in [-0.05, 0) is 66.3 Å². The van der Waals surface area contributed by atoms with Crippen LogP contribution in [0.1, 0.15) is 17.7 Å². The lowest BCUT2D eigenvalue weighted by Crippen LogP contribution is -2.15. The summed E-state index contributed by atoms with van der Waals surface area (Å²) < 4.78 is 60.0. The van der Waals surface area contributed by atoms with Crippen molar-refractivity contribution in [2.24, 2.45) is 0 Å². The van der Waals surface area contributed by atoms with E-state index in [2.05, 4.69) is 9.88 Å². The molecule has 0 aliphatic carbocycles. The number of hydrogen-bond acceptors (Lipinski definition) is 6. The van der Waals surface area contributed by atoms with Crippen molar-refractivity contribution in [1.82, 2.24) is 5.16 Å². The number of hydrogen-bond donors (Lipinski definition) is 1. The van der Waals surface area contributed by atoms with Gasteiger partial charge < -0.3 is 14.0 Å². The highest BCUT2D eigenvalue weighted by molar-refractivity contribution is 7.92. The van der Waals surface area contributed by atoms with Crippen molar-refractivity contribution in [3.05, 3.63) is 64.6 Å². The van der Waals surface area contributed by atoms with Crippen LogP contribution < -0.4 is 14.2 Å². The Morgan fingerprint density at radius 3 is 2.68 bits per heavy atom. The van der Waals surface area contributed by atoms with Crippen molar-refractivity contribution in [1.29, 1.82) is 0 Å². The lowest BCUT2D eigenvalue weighted by molar-refractivity contribution is 0.400. The number of anilines is 1. The lowest BCUT2D eigenvalue weighted by atomic mass is 9.95. The molecule has 7 nitrogen and oxygen atoms in total. The predicted molar refractivity (Wildman–Crippen MR) is 127 cm³/mol. The van der Waals surface area contributed by atoms with E-state index < -0.39 is 10.0 Å². The first kappa shape index (κ1) is 22.5. The van der Waals surface area contributed by atoms with E-state index in [1.165, 1.54) is 32.4 Å². The van der Waals surface area contributed by atoms with E-state index in [4.69, 9.17) is 25.6 Å². The molecular formula is C24H20ClFN2O5S. The third kappa shape index (κ3) is 3.74. The SMILES string of the molecule is COc1ccc2cc1NS(=O)(=O)c1cc3c(noc3c(Cl)c1OC)CCCc1ccc(F)cc1-2. The highest BCUT2D eigenvalue weighted by atomic mass is 35.5. The maximum absolute atomic E-state index is 14.2. The number of sulfonamides is 1. The van der Waals surface area contributed by atoms with Gasteiger partial charge in [0.2, 0.25) is 0 Å². The van der Waals surface area contributed by atoms with E-state index in [0.29, 0.717) is 47.2 Å². The molecule has 0 unspecified atom stereocenters. The first-order valence-corrected chi connectivity index (χ1v) is 12.3. The molecule has 0 atom stereocenters. The average molecular weight is 503 g/mol. The fraction of sp³-hybridized carbons (Fsp3) is 0.208. The highest BCUT2D eigenvalue weighted by Crippen LogP contribution is 2.42. The summed E-state index contributed by atoms with van der Waals surface area (Å²) >= 11 is 6.47. The number of ether oxygens (including phenoxy) is 2. The maximum Gasteiger partial charge on any atom is 0.265 e. The predicted octanol–water partition coefficient (Wildman–Crippen LogP) is 5.59. The second-order valence-electron chi connectivity index (χ2n) is 7.90. The molecule has 5 rings (SSSR count). The molecule has 0 fully saturated rings. The molecule has 0 saturated heterocycles. The number of methoxy groups -OCH3 is 2. The molecule has 0 radical (unpaired) electrons. The molecule has 1 aliphatic heterocycles. The monoisotopic (exact) mass is 502 g/mol. The van der Waals surface area contributed by atoms with Crippen LogP contribution in [0, 0.1) is 5.82 Å². The number of rotatable bonds is 2. The highest BCUT2D eigenvalue weighted by Gasteiger charge is 2.28. The fourth-order valence-electron chi connectivity index (χ4n) is 4.25. The molecule has 0 amide bonds. The van der Waals surface area contributed by atoms with E-state index in [1.54, 1.807) is 24.3 Å². The van der Waals surface area contributed by atoms with Crippen molar-refractivity contribution >= 4 is 38.3 Å². The smallest absolute Gasteiger partial charge is 0.265 e. The summed E-state index contributed by atoms with van der Waals surface area (Å²) in [6, 6.07) is 11.1. The summed E-state index contributed by atoms with van der Waals surface area (Å²) in [4.78, 5) is -0.159. The average Bonchev–Trinajstić information content (AvgIpc) is 3.22. The number of fused-ring (bicyclic) bond motifs is 5. The first-order valence-electron chi connectivity index (χ1n) is 10.5. The van der Waals surface area contributed by atoms with Gasteiger partial charge in [0.25, 0.3) is 10.0 Å². The number of nitrogens with zero attached hydrogens (tertiary/aromatic N) is 1. The zero-order chi connectivity index (χ0) is 24.0. The van der Waals surface area contributed by atoms with E-state index >= 15 is 0 Å². The van der Waals surface area contributed by atoms with Gasteiger partial charge in [-0.3, -0.25) is 4.72 Å². The van der Waals surface area contributed by atoms with Crippen molar-refractivity contribution in [3.8, 4) is 22.6 Å². The third-order valence-electron chi connectivity index (χ3n) is 5.88. The minimum atomic E-state index is -4.19. The molecule has 10 heteroatoms. The quantitative estimate of drug-likeness (QED) is 0.384. The second-order valence-corrected chi connectivity index (χ2v) is 9.93. The summed E-state index contributed by atoms with van der Waals surface area (Å²) in [7, 11) is -1.42. The van der Waals surface area contributed by atoms with Crippen molar-refractivity contribution in [2.45, 2.75) is 24.2 Å². The van der Waals surface area contributed by atoms with Gasteiger partial charge in [0, 0.05) is 5.39 Å². The molecule has 2 heterocycles. The van der Waals surface area contributed by atoms with Crippen LogP contribution >= 0.6 is 11.6 Å².